The molecule has 94 valence electrons. The Balaban J connectivity index is 1.99. The number of nitrogens with one attached hydrogen (secondary N) is 1. The number of hydrogen-bond acceptors (Lipinski definition) is 3. The molecule has 0 amide bonds. The van der Waals surface area contributed by atoms with Crippen LogP contribution in [0.25, 0.3) is 0 Å². The Morgan fingerprint density at radius 1 is 1.25 bits per heavy atom. The first kappa shape index (κ1) is 12.3. The lowest BCUT2D eigenvalue weighted by Crippen LogP contribution is -2.63. The van der Waals surface area contributed by atoms with E-state index in [1.807, 2.05) is 0 Å². The van der Waals surface area contributed by atoms with Crippen molar-refractivity contribution in [1.29, 1.82) is 0 Å². The lowest BCUT2D eigenvalue weighted by atomic mass is 9.90. The summed E-state index contributed by atoms with van der Waals surface area (Å²) in [6, 6.07) is 0.752. The van der Waals surface area contributed by atoms with Gasteiger partial charge in [-0.25, -0.2) is 0 Å². The second-order valence-electron chi connectivity index (χ2n) is 6.24. The van der Waals surface area contributed by atoms with Crippen LogP contribution in [0, 0.1) is 5.92 Å². The Morgan fingerprint density at radius 3 is 2.62 bits per heavy atom. The van der Waals surface area contributed by atoms with Crippen molar-refractivity contribution in [2.24, 2.45) is 5.92 Å². The molecule has 2 atom stereocenters. The molecule has 0 aliphatic carbocycles. The number of likely N-dealkylation sites (N-methyl/N-ethyl adjacent to an activating group) is 1. The first-order valence-corrected chi connectivity index (χ1v) is 6.67. The average Bonchev–Trinajstić information content (AvgIpc) is 2.23. The van der Waals surface area contributed by atoms with Crippen LogP contribution in [-0.4, -0.2) is 61.2 Å². The quantitative estimate of drug-likeness (QED) is 0.718. The van der Waals surface area contributed by atoms with E-state index in [9.17, 15) is 0 Å². The molecule has 0 bridgehead atoms. The van der Waals surface area contributed by atoms with Gasteiger partial charge in [0.1, 0.15) is 0 Å². The van der Waals surface area contributed by atoms with E-state index >= 15 is 0 Å². The summed E-state index contributed by atoms with van der Waals surface area (Å²) in [6.07, 6.45) is 1.33. The molecule has 2 fully saturated rings. The van der Waals surface area contributed by atoms with E-state index in [1.54, 1.807) is 0 Å². The molecule has 16 heavy (non-hydrogen) atoms. The Morgan fingerprint density at radius 2 is 2.00 bits per heavy atom. The fourth-order valence-corrected chi connectivity index (χ4v) is 3.02. The fraction of sp³-hybridized carbons (Fsp3) is 1.00. The average molecular weight is 225 g/mol. The van der Waals surface area contributed by atoms with Crippen molar-refractivity contribution in [3.05, 3.63) is 0 Å². The molecular weight excluding hydrogens is 198 g/mol. The summed E-state index contributed by atoms with van der Waals surface area (Å²) in [4.78, 5) is 5.20. The Labute approximate surface area is 100 Å². The molecule has 0 spiro atoms. The standard InChI is InChI=1S/C13H27N3/c1-11-5-6-14-9-12(11)16-8-7-15(4)13(2,3)10-16/h11-12,14H,5-10H2,1-4H3. The molecule has 3 nitrogen and oxygen atoms in total. The molecule has 2 saturated heterocycles. The summed E-state index contributed by atoms with van der Waals surface area (Å²) in [5, 5.41) is 3.55. The highest BCUT2D eigenvalue weighted by atomic mass is 15.3. The predicted molar refractivity (Wildman–Crippen MR) is 68.7 cm³/mol. The zero-order valence-corrected chi connectivity index (χ0v) is 11.3. The van der Waals surface area contributed by atoms with E-state index in [0.29, 0.717) is 5.54 Å². The first-order chi connectivity index (χ1) is 7.50. The summed E-state index contributed by atoms with van der Waals surface area (Å²) in [5.41, 5.74) is 0.329. The van der Waals surface area contributed by atoms with Gasteiger partial charge in [0.25, 0.3) is 0 Å². The molecule has 2 rings (SSSR count). The highest BCUT2D eigenvalue weighted by Crippen LogP contribution is 2.25. The van der Waals surface area contributed by atoms with Crippen molar-refractivity contribution in [1.82, 2.24) is 15.1 Å². The largest absolute Gasteiger partial charge is 0.315 e. The van der Waals surface area contributed by atoms with Crippen LogP contribution in [0.1, 0.15) is 27.2 Å². The van der Waals surface area contributed by atoms with Gasteiger partial charge in [-0.2, -0.15) is 0 Å². The minimum atomic E-state index is 0.329. The molecule has 2 heterocycles. The SMILES string of the molecule is CC1CCNCC1N1CCN(C)C(C)(C)C1. The highest BCUT2D eigenvalue weighted by molar-refractivity contribution is 4.93. The Kier molecular flexibility index (Phi) is 3.57. The molecule has 2 aliphatic heterocycles. The minimum Gasteiger partial charge on any atom is -0.315 e. The monoisotopic (exact) mass is 225 g/mol. The van der Waals surface area contributed by atoms with Crippen LogP contribution in [0.4, 0.5) is 0 Å². The smallest absolute Gasteiger partial charge is 0.0277 e. The van der Waals surface area contributed by atoms with E-state index in [2.05, 4.69) is 42.9 Å². The van der Waals surface area contributed by atoms with Gasteiger partial charge in [-0.15, -0.1) is 0 Å². The maximum absolute atomic E-state index is 3.55. The van der Waals surface area contributed by atoms with Gasteiger partial charge in [0.2, 0.25) is 0 Å². The van der Waals surface area contributed by atoms with Crippen LogP contribution in [0.5, 0.6) is 0 Å². The van der Waals surface area contributed by atoms with Crippen molar-refractivity contribution in [2.75, 3.05) is 39.8 Å². The van der Waals surface area contributed by atoms with Crippen LogP contribution < -0.4 is 5.32 Å². The molecule has 2 aliphatic rings. The van der Waals surface area contributed by atoms with Gasteiger partial charge < -0.3 is 5.32 Å². The third-order valence-corrected chi connectivity index (χ3v) is 4.60. The molecule has 0 radical (unpaired) electrons. The summed E-state index contributed by atoms with van der Waals surface area (Å²) in [5.74, 6) is 0.848. The van der Waals surface area contributed by atoms with Crippen LogP contribution in [0.15, 0.2) is 0 Å². The summed E-state index contributed by atoms with van der Waals surface area (Å²) < 4.78 is 0. The van der Waals surface area contributed by atoms with E-state index < -0.39 is 0 Å². The van der Waals surface area contributed by atoms with Gasteiger partial charge in [-0.1, -0.05) is 6.92 Å². The van der Waals surface area contributed by atoms with Crippen molar-refractivity contribution in [3.63, 3.8) is 0 Å². The van der Waals surface area contributed by atoms with Crippen molar-refractivity contribution >= 4 is 0 Å². The van der Waals surface area contributed by atoms with Gasteiger partial charge in [0.15, 0.2) is 0 Å². The van der Waals surface area contributed by atoms with Crippen molar-refractivity contribution < 1.29 is 0 Å². The highest BCUT2D eigenvalue weighted by Gasteiger charge is 2.36. The van der Waals surface area contributed by atoms with Crippen LogP contribution in [0.3, 0.4) is 0 Å². The number of nitrogens with zero attached hydrogens (tertiary/aromatic N) is 2. The van der Waals surface area contributed by atoms with Crippen molar-refractivity contribution in [3.8, 4) is 0 Å². The molecule has 3 heteroatoms. The van der Waals surface area contributed by atoms with Gasteiger partial charge in [0.05, 0.1) is 0 Å². The lowest BCUT2D eigenvalue weighted by molar-refractivity contribution is -0.00194. The van der Waals surface area contributed by atoms with Crippen LogP contribution >= 0.6 is 0 Å². The maximum atomic E-state index is 3.55. The normalized spacial score (nSPS) is 37.5. The number of rotatable bonds is 1. The van der Waals surface area contributed by atoms with Gasteiger partial charge >= 0.3 is 0 Å². The first-order valence-electron chi connectivity index (χ1n) is 6.67. The molecule has 0 aromatic carbocycles. The summed E-state index contributed by atoms with van der Waals surface area (Å²) >= 11 is 0. The van der Waals surface area contributed by atoms with Gasteiger partial charge in [-0.3, -0.25) is 9.80 Å². The third-order valence-electron chi connectivity index (χ3n) is 4.60. The zero-order valence-electron chi connectivity index (χ0n) is 11.3. The molecule has 1 N–H and O–H groups in total. The Hall–Kier alpha value is -0.120. The predicted octanol–water partition coefficient (Wildman–Crippen LogP) is 1.01. The fourth-order valence-electron chi connectivity index (χ4n) is 3.02. The van der Waals surface area contributed by atoms with Gasteiger partial charge in [-0.05, 0) is 39.8 Å². The van der Waals surface area contributed by atoms with Crippen LogP contribution in [-0.2, 0) is 0 Å². The molecule has 0 aromatic rings. The molecular formula is C13H27N3. The second-order valence-corrected chi connectivity index (χ2v) is 6.24. The van der Waals surface area contributed by atoms with Gasteiger partial charge in [0, 0.05) is 37.8 Å². The number of piperidine rings is 1. The number of piperazine rings is 1. The second kappa shape index (κ2) is 4.63. The zero-order chi connectivity index (χ0) is 11.8. The topological polar surface area (TPSA) is 18.5 Å². The molecule has 0 aromatic heterocycles. The van der Waals surface area contributed by atoms with E-state index in [0.717, 1.165) is 12.0 Å². The van der Waals surface area contributed by atoms with Crippen LogP contribution in [0.2, 0.25) is 0 Å². The molecule has 2 unspecified atom stereocenters. The van der Waals surface area contributed by atoms with E-state index in [-0.39, 0.29) is 0 Å². The number of hydrogen-bond donors (Lipinski definition) is 1. The summed E-state index contributed by atoms with van der Waals surface area (Å²) in [7, 11) is 2.25. The summed E-state index contributed by atoms with van der Waals surface area (Å²) in [6.45, 7) is 13.2. The third kappa shape index (κ3) is 2.41. The van der Waals surface area contributed by atoms with E-state index in [4.69, 9.17) is 0 Å². The lowest BCUT2D eigenvalue weighted by Gasteiger charge is -2.50. The minimum absolute atomic E-state index is 0.329. The Bertz CT molecular complexity index is 239. The molecule has 0 saturated carbocycles. The maximum Gasteiger partial charge on any atom is 0.0277 e. The van der Waals surface area contributed by atoms with Crippen molar-refractivity contribution in [2.45, 2.75) is 38.8 Å². The van der Waals surface area contributed by atoms with E-state index in [1.165, 1.54) is 39.1 Å².